The van der Waals surface area contributed by atoms with Gasteiger partial charge in [-0.1, -0.05) is 36.4 Å². The van der Waals surface area contributed by atoms with Gasteiger partial charge < -0.3 is 0 Å². The topological polar surface area (TPSA) is 62.3 Å². The largest absolute Gasteiger partial charge is 0.289 e. The number of benzene rings is 2. The second-order valence-corrected chi connectivity index (χ2v) is 5.95. The minimum atomic E-state index is -0.189. The minimum absolute atomic E-state index is 0.187. The molecule has 120 valence electrons. The highest BCUT2D eigenvalue weighted by molar-refractivity contribution is 5.71. The molecule has 0 fully saturated rings. The van der Waals surface area contributed by atoms with Crippen LogP contribution in [0.25, 0.3) is 27.1 Å². The molecule has 0 spiro atoms. The highest BCUT2D eigenvalue weighted by atomic mass is 16.1. The zero-order valence-corrected chi connectivity index (χ0v) is 13.5. The summed E-state index contributed by atoms with van der Waals surface area (Å²) in [5.74, 6) is 0. The molecule has 2 aliphatic carbocycles. The van der Waals surface area contributed by atoms with Crippen LogP contribution in [0.5, 0.6) is 0 Å². The van der Waals surface area contributed by atoms with E-state index in [4.69, 9.17) is 11.8 Å². The maximum Gasteiger partial charge on any atom is 0.194 e. The van der Waals surface area contributed by atoms with Gasteiger partial charge >= 0.3 is 0 Å². The Hall–Kier alpha value is -4.02. The Morgan fingerprint density at radius 1 is 0.769 bits per heavy atom. The van der Waals surface area contributed by atoms with Crippen LogP contribution >= 0.6 is 0 Å². The highest BCUT2D eigenvalue weighted by Crippen LogP contribution is 2.23. The molecule has 4 nitrogen and oxygen atoms in total. The molecule has 0 bridgehead atoms. The summed E-state index contributed by atoms with van der Waals surface area (Å²) in [5, 5.41) is 9.68. The molecule has 0 saturated carbocycles. The summed E-state index contributed by atoms with van der Waals surface area (Å²) in [6.07, 6.45) is 0. The normalized spacial score (nSPS) is 10.5. The Kier molecular flexibility index (Phi) is 3.46. The average molecular weight is 334 g/mol. The Morgan fingerprint density at radius 3 is 1.65 bits per heavy atom. The summed E-state index contributed by atoms with van der Waals surface area (Å²) < 4.78 is 0. The summed E-state index contributed by atoms with van der Waals surface area (Å²) in [6.45, 7) is 6.99. The average Bonchev–Trinajstić information content (AvgIpc) is 3.19. The van der Waals surface area contributed by atoms with Crippen molar-refractivity contribution in [3.8, 4) is 28.3 Å². The maximum absolute atomic E-state index is 12.7. The van der Waals surface area contributed by atoms with Gasteiger partial charge in [0.05, 0.1) is 18.2 Å². The van der Waals surface area contributed by atoms with E-state index in [-0.39, 0.29) is 10.9 Å². The van der Waals surface area contributed by atoms with Crippen molar-refractivity contribution in [1.29, 1.82) is 5.26 Å². The molecule has 0 atom stereocenters. The standard InChI is InChI=1S/C22H10N2O2/c1-24-16-8-6-15(7-9-16)18-11-20-19(22(18)26)10-17(21(20)25)14-4-2-13(12-23)3-5-14/h2-11H. The molecule has 0 N–H and O–H groups in total. The number of hydrogen-bond donors (Lipinski definition) is 0. The van der Waals surface area contributed by atoms with Crippen LogP contribution in [0.3, 0.4) is 0 Å². The second kappa shape index (κ2) is 5.81. The Bertz CT molecular complexity index is 1250. The van der Waals surface area contributed by atoms with E-state index in [1.165, 1.54) is 0 Å². The van der Waals surface area contributed by atoms with E-state index in [0.717, 1.165) is 0 Å². The third-order valence-corrected chi connectivity index (χ3v) is 4.48. The molecule has 2 aromatic carbocycles. The Labute approximate surface area is 148 Å². The van der Waals surface area contributed by atoms with Crippen LogP contribution in [0, 0.1) is 28.3 Å². The summed E-state index contributed by atoms with van der Waals surface area (Å²) in [7, 11) is 0. The van der Waals surface area contributed by atoms with Crippen LogP contribution in [-0.4, -0.2) is 0 Å². The second-order valence-electron chi connectivity index (χ2n) is 5.95. The van der Waals surface area contributed by atoms with E-state index >= 15 is 0 Å². The molecule has 0 heterocycles. The van der Waals surface area contributed by atoms with Gasteiger partial charge in [-0.05, 0) is 35.4 Å². The smallest absolute Gasteiger partial charge is 0.194 e. The van der Waals surface area contributed by atoms with Crippen LogP contribution in [-0.2, 0) is 0 Å². The molecule has 4 heteroatoms. The molecule has 4 rings (SSSR count). The summed E-state index contributed by atoms with van der Waals surface area (Å²) in [5.41, 5.74) is 2.95. The first kappa shape index (κ1) is 15.5. The Balaban J connectivity index is 1.85. The molecule has 0 amide bonds. The Morgan fingerprint density at radius 2 is 1.23 bits per heavy atom. The molecular weight excluding hydrogens is 324 g/mol. The first-order valence-corrected chi connectivity index (χ1v) is 7.88. The van der Waals surface area contributed by atoms with Crippen LogP contribution in [0.2, 0.25) is 0 Å². The van der Waals surface area contributed by atoms with E-state index in [0.29, 0.717) is 43.9 Å². The first-order chi connectivity index (χ1) is 12.6. The van der Waals surface area contributed by atoms with Crippen molar-refractivity contribution in [1.82, 2.24) is 0 Å². The maximum atomic E-state index is 12.7. The lowest BCUT2D eigenvalue weighted by Gasteiger charge is -1.98. The summed E-state index contributed by atoms with van der Waals surface area (Å²) in [6, 6.07) is 18.7. The molecule has 0 unspecified atom stereocenters. The van der Waals surface area contributed by atoms with Gasteiger partial charge in [0, 0.05) is 21.6 Å². The first-order valence-electron chi connectivity index (χ1n) is 7.88. The van der Waals surface area contributed by atoms with Crippen molar-refractivity contribution in [2.75, 3.05) is 0 Å². The van der Waals surface area contributed by atoms with E-state index in [2.05, 4.69) is 4.85 Å². The number of hydrogen-bond acceptors (Lipinski definition) is 3. The van der Waals surface area contributed by atoms with Crippen molar-refractivity contribution >= 4 is 5.69 Å². The van der Waals surface area contributed by atoms with Crippen molar-refractivity contribution in [2.24, 2.45) is 0 Å². The quantitative estimate of drug-likeness (QED) is 0.524. The van der Waals surface area contributed by atoms with Gasteiger partial charge in [-0.25, -0.2) is 4.85 Å². The molecule has 26 heavy (non-hydrogen) atoms. The van der Waals surface area contributed by atoms with E-state index in [9.17, 15) is 9.59 Å². The lowest BCUT2D eigenvalue weighted by atomic mass is 10.0. The fraction of sp³-hybridized carbons (Fsp3) is 0. The van der Waals surface area contributed by atoms with Crippen LogP contribution in [0.1, 0.15) is 5.56 Å². The van der Waals surface area contributed by atoms with Crippen molar-refractivity contribution < 1.29 is 0 Å². The van der Waals surface area contributed by atoms with Gasteiger partial charge in [0.25, 0.3) is 0 Å². The van der Waals surface area contributed by atoms with Gasteiger partial charge in [0.2, 0.25) is 0 Å². The fourth-order valence-electron chi connectivity index (χ4n) is 3.11. The van der Waals surface area contributed by atoms with E-state index in [1.54, 1.807) is 60.7 Å². The van der Waals surface area contributed by atoms with Crippen LogP contribution < -0.4 is 10.9 Å². The van der Waals surface area contributed by atoms with Crippen LogP contribution in [0.4, 0.5) is 5.69 Å². The zero-order valence-electron chi connectivity index (χ0n) is 13.5. The summed E-state index contributed by atoms with van der Waals surface area (Å²) in [4.78, 5) is 28.8. The molecule has 0 saturated heterocycles. The number of nitriles is 1. The molecule has 2 aromatic rings. The van der Waals surface area contributed by atoms with Gasteiger partial charge in [-0.2, -0.15) is 5.26 Å². The van der Waals surface area contributed by atoms with Crippen molar-refractivity contribution in [3.63, 3.8) is 0 Å². The number of nitrogens with zero attached hydrogens (tertiary/aromatic N) is 2. The van der Waals surface area contributed by atoms with Crippen LogP contribution in [0.15, 0.2) is 70.3 Å². The molecular formula is C22H10N2O2. The monoisotopic (exact) mass is 334 g/mol. The molecule has 2 aliphatic rings. The van der Waals surface area contributed by atoms with Gasteiger partial charge in [-0.3, -0.25) is 9.59 Å². The van der Waals surface area contributed by atoms with Gasteiger partial charge in [-0.15, -0.1) is 0 Å². The third-order valence-electron chi connectivity index (χ3n) is 4.48. The highest BCUT2D eigenvalue weighted by Gasteiger charge is 2.15. The lowest BCUT2D eigenvalue weighted by molar-refractivity contribution is 1.48. The predicted octanol–water partition coefficient (Wildman–Crippen LogP) is 3.76. The van der Waals surface area contributed by atoms with Crippen molar-refractivity contribution in [3.05, 3.63) is 109 Å². The van der Waals surface area contributed by atoms with E-state index < -0.39 is 0 Å². The third kappa shape index (κ3) is 2.30. The fourth-order valence-corrected chi connectivity index (χ4v) is 3.11. The molecule has 0 radical (unpaired) electrons. The summed E-state index contributed by atoms with van der Waals surface area (Å²) >= 11 is 0. The number of rotatable bonds is 2. The predicted molar refractivity (Wildman–Crippen MR) is 98.5 cm³/mol. The molecule has 0 aromatic heterocycles. The lowest BCUT2D eigenvalue weighted by Crippen LogP contribution is -2.00. The van der Waals surface area contributed by atoms with Gasteiger partial charge in [0.1, 0.15) is 0 Å². The van der Waals surface area contributed by atoms with Crippen molar-refractivity contribution in [2.45, 2.75) is 0 Å². The molecule has 0 aliphatic heterocycles. The van der Waals surface area contributed by atoms with Gasteiger partial charge in [0.15, 0.2) is 16.5 Å². The SMILES string of the molecule is [C-]#[N+]c1ccc(-c2cc3c(=O)c(-c4ccc(C#N)cc4)cc=3c2=O)cc1. The zero-order chi connectivity index (χ0) is 18.3. The minimum Gasteiger partial charge on any atom is -0.289 e. The van der Waals surface area contributed by atoms with E-state index in [1.807, 2.05) is 6.07 Å².